The Morgan fingerprint density at radius 3 is 2.06 bits per heavy atom. The van der Waals surface area contributed by atoms with Crippen LogP contribution in [0.25, 0.3) is 21.0 Å². The summed E-state index contributed by atoms with van der Waals surface area (Å²) in [7, 11) is 0. The fourth-order valence-corrected chi connectivity index (χ4v) is 4.02. The number of benzene rings is 3. The number of esters is 1. The van der Waals surface area contributed by atoms with Crippen LogP contribution in [0.5, 0.6) is 0 Å². The van der Waals surface area contributed by atoms with Gasteiger partial charge in [0.05, 0.1) is 10.4 Å². The summed E-state index contributed by atoms with van der Waals surface area (Å²) >= 11 is 1.24. The van der Waals surface area contributed by atoms with Crippen molar-refractivity contribution in [2.24, 2.45) is 0 Å². The quantitative estimate of drug-likeness (QED) is 0.319. The smallest absolute Gasteiger partial charge is 0.416 e. The van der Waals surface area contributed by atoms with Crippen molar-refractivity contribution in [3.05, 3.63) is 102 Å². The standard InChI is InChI=1S/C24H16F3NO2S/c25-24(26,27)19-13-11-18(12-14-19)22-28-20(21(31-22)17-9-5-2-6-10-17)23(29)30-15-16-7-3-1-4-8-16/h1-14H,15H2. The van der Waals surface area contributed by atoms with Crippen LogP contribution in [0.2, 0.25) is 0 Å². The molecule has 4 aromatic rings. The Bertz CT molecular complexity index is 1170. The van der Waals surface area contributed by atoms with Gasteiger partial charge in [-0.2, -0.15) is 13.2 Å². The maximum atomic E-state index is 12.9. The topological polar surface area (TPSA) is 39.2 Å². The number of alkyl halides is 3. The molecule has 0 radical (unpaired) electrons. The Morgan fingerprint density at radius 1 is 0.839 bits per heavy atom. The summed E-state index contributed by atoms with van der Waals surface area (Å²) in [6.07, 6.45) is -4.41. The lowest BCUT2D eigenvalue weighted by Crippen LogP contribution is -2.07. The minimum absolute atomic E-state index is 0.0983. The molecule has 0 aliphatic heterocycles. The number of rotatable bonds is 5. The maximum absolute atomic E-state index is 12.9. The van der Waals surface area contributed by atoms with Crippen LogP contribution in [0.3, 0.4) is 0 Å². The average Bonchev–Trinajstić information content (AvgIpc) is 3.24. The number of ether oxygens (including phenoxy) is 1. The van der Waals surface area contributed by atoms with E-state index >= 15 is 0 Å². The van der Waals surface area contributed by atoms with Crippen LogP contribution in [0, 0.1) is 0 Å². The molecule has 0 fully saturated rings. The van der Waals surface area contributed by atoms with E-state index in [-0.39, 0.29) is 12.3 Å². The molecule has 7 heteroatoms. The minimum Gasteiger partial charge on any atom is -0.456 e. The van der Waals surface area contributed by atoms with Gasteiger partial charge < -0.3 is 4.74 Å². The first kappa shape index (κ1) is 20.8. The minimum atomic E-state index is -4.41. The highest BCUT2D eigenvalue weighted by Gasteiger charge is 2.30. The van der Waals surface area contributed by atoms with E-state index in [9.17, 15) is 18.0 Å². The van der Waals surface area contributed by atoms with E-state index in [0.29, 0.717) is 15.4 Å². The molecule has 31 heavy (non-hydrogen) atoms. The van der Waals surface area contributed by atoms with E-state index in [4.69, 9.17) is 4.74 Å². The number of halogens is 3. The van der Waals surface area contributed by atoms with Gasteiger partial charge in [0.15, 0.2) is 5.69 Å². The van der Waals surface area contributed by atoms with Crippen molar-refractivity contribution in [3.8, 4) is 21.0 Å². The highest BCUT2D eigenvalue weighted by atomic mass is 32.1. The van der Waals surface area contributed by atoms with Crippen LogP contribution in [0.4, 0.5) is 13.2 Å². The molecule has 0 saturated carbocycles. The zero-order valence-corrected chi connectivity index (χ0v) is 16.9. The summed E-state index contributed by atoms with van der Waals surface area (Å²) in [5.41, 5.74) is 1.53. The second-order valence-electron chi connectivity index (χ2n) is 6.70. The summed E-state index contributed by atoms with van der Waals surface area (Å²) < 4.78 is 44.0. The van der Waals surface area contributed by atoms with Gasteiger partial charge >= 0.3 is 12.1 Å². The number of aromatic nitrogens is 1. The third-order valence-electron chi connectivity index (χ3n) is 4.53. The number of hydrogen-bond acceptors (Lipinski definition) is 4. The predicted molar refractivity (Wildman–Crippen MR) is 114 cm³/mol. The van der Waals surface area contributed by atoms with Gasteiger partial charge in [-0.25, -0.2) is 9.78 Å². The number of thiazole rings is 1. The molecule has 0 saturated heterocycles. The Labute approximate surface area is 180 Å². The number of hydrogen-bond donors (Lipinski definition) is 0. The molecule has 0 atom stereocenters. The Morgan fingerprint density at radius 2 is 1.45 bits per heavy atom. The van der Waals surface area contributed by atoms with Gasteiger partial charge in [-0.3, -0.25) is 0 Å². The van der Waals surface area contributed by atoms with Crippen molar-refractivity contribution in [1.29, 1.82) is 0 Å². The Hall–Kier alpha value is -3.45. The normalized spacial score (nSPS) is 11.3. The highest BCUT2D eigenvalue weighted by molar-refractivity contribution is 7.18. The molecule has 0 bridgehead atoms. The van der Waals surface area contributed by atoms with Gasteiger partial charge in [0, 0.05) is 5.56 Å². The molecular weight excluding hydrogens is 423 g/mol. The monoisotopic (exact) mass is 439 g/mol. The van der Waals surface area contributed by atoms with Crippen LogP contribution in [0.15, 0.2) is 84.9 Å². The van der Waals surface area contributed by atoms with Crippen LogP contribution < -0.4 is 0 Å². The first-order valence-corrected chi connectivity index (χ1v) is 10.2. The molecule has 0 spiro atoms. The lowest BCUT2D eigenvalue weighted by molar-refractivity contribution is -0.137. The predicted octanol–water partition coefficient (Wildman–Crippen LogP) is 6.85. The van der Waals surface area contributed by atoms with Gasteiger partial charge in [0.1, 0.15) is 11.6 Å². The van der Waals surface area contributed by atoms with Crippen molar-refractivity contribution < 1.29 is 22.7 Å². The molecule has 0 aliphatic rings. The van der Waals surface area contributed by atoms with Gasteiger partial charge in [0.25, 0.3) is 0 Å². The van der Waals surface area contributed by atoms with Gasteiger partial charge in [-0.05, 0) is 23.3 Å². The second-order valence-corrected chi connectivity index (χ2v) is 7.70. The number of carbonyl (C=O) groups excluding carboxylic acids is 1. The maximum Gasteiger partial charge on any atom is 0.416 e. The Balaban J connectivity index is 1.67. The van der Waals surface area contributed by atoms with Crippen molar-refractivity contribution >= 4 is 17.3 Å². The summed E-state index contributed by atoms with van der Waals surface area (Å²) in [4.78, 5) is 17.8. The molecule has 0 unspecified atom stereocenters. The van der Waals surface area contributed by atoms with E-state index in [2.05, 4.69) is 4.98 Å². The van der Waals surface area contributed by atoms with Crippen LogP contribution >= 0.6 is 11.3 Å². The van der Waals surface area contributed by atoms with E-state index in [0.717, 1.165) is 23.3 Å². The molecule has 4 rings (SSSR count). The van der Waals surface area contributed by atoms with E-state index in [1.165, 1.54) is 23.5 Å². The molecule has 0 amide bonds. The molecule has 1 heterocycles. The molecule has 0 aliphatic carbocycles. The van der Waals surface area contributed by atoms with Gasteiger partial charge in [-0.1, -0.05) is 72.8 Å². The fourth-order valence-electron chi connectivity index (χ4n) is 2.96. The summed E-state index contributed by atoms with van der Waals surface area (Å²) in [6, 6.07) is 23.2. The number of nitrogens with zero attached hydrogens (tertiary/aromatic N) is 1. The van der Waals surface area contributed by atoms with E-state index in [1.807, 2.05) is 60.7 Å². The fraction of sp³-hybridized carbons (Fsp3) is 0.0833. The van der Waals surface area contributed by atoms with E-state index in [1.54, 1.807) is 0 Å². The average molecular weight is 439 g/mol. The zero-order chi connectivity index (χ0) is 21.8. The Kier molecular flexibility index (Phi) is 5.86. The second kappa shape index (κ2) is 8.73. The largest absolute Gasteiger partial charge is 0.456 e. The molecule has 3 nitrogen and oxygen atoms in total. The zero-order valence-electron chi connectivity index (χ0n) is 16.1. The number of carbonyl (C=O) groups is 1. The van der Waals surface area contributed by atoms with Crippen LogP contribution in [-0.2, 0) is 17.5 Å². The first-order chi connectivity index (χ1) is 14.9. The molecule has 1 aromatic heterocycles. The van der Waals surface area contributed by atoms with Crippen molar-refractivity contribution in [3.63, 3.8) is 0 Å². The molecule has 156 valence electrons. The lowest BCUT2D eigenvalue weighted by Gasteiger charge is -2.06. The third kappa shape index (κ3) is 4.83. The van der Waals surface area contributed by atoms with Crippen LogP contribution in [0.1, 0.15) is 21.6 Å². The molecular formula is C24H16F3NO2S. The summed E-state index contributed by atoms with van der Waals surface area (Å²) in [5, 5.41) is 0.444. The van der Waals surface area contributed by atoms with Gasteiger partial charge in [0.2, 0.25) is 0 Å². The lowest BCUT2D eigenvalue weighted by atomic mass is 10.1. The first-order valence-electron chi connectivity index (χ1n) is 9.37. The highest BCUT2D eigenvalue weighted by Crippen LogP contribution is 2.37. The van der Waals surface area contributed by atoms with Crippen molar-refractivity contribution in [2.45, 2.75) is 12.8 Å². The summed E-state index contributed by atoms with van der Waals surface area (Å²) in [5.74, 6) is -0.586. The summed E-state index contributed by atoms with van der Waals surface area (Å²) in [6.45, 7) is 0.0983. The van der Waals surface area contributed by atoms with Crippen molar-refractivity contribution in [2.75, 3.05) is 0 Å². The molecule has 0 N–H and O–H groups in total. The van der Waals surface area contributed by atoms with Crippen LogP contribution in [-0.4, -0.2) is 11.0 Å². The molecule has 3 aromatic carbocycles. The van der Waals surface area contributed by atoms with E-state index < -0.39 is 17.7 Å². The SMILES string of the molecule is O=C(OCc1ccccc1)c1nc(-c2ccc(C(F)(F)F)cc2)sc1-c1ccccc1. The van der Waals surface area contributed by atoms with Gasteiger partial charge in [-0.15, -0.1) is 11.3 Å². The third-order valence-corrected chi connectivity index (χ3v) is 5.68. The van der Waals surface area contributed by atoms with Crippen molar-refractivity contribution in [1.82, 2.24) is 4.98 Å².